The zero-order valence-electron chi connectivity index (χ0n) is 17.4. The van der Waals surface area contributed by atoms with Crippen molar-refractivity contribution in [3.8, 4) is 0 Å². The fourth-order valence-electron chi connectivity index (χ4n) is 3.61. The Morgan fingerprint density at radius 1 is 1.03 bits per heavy atom. The van der Waals surface area contributed by atoms with Crippen LogP contribution >= 0.6 is 34.5 Å². The predicted molar refractivity (Wildman–Crippen MR) is 132 cm³/mol. The van der Waals surface area contributed by atoms with Gasteiger partial charge in [-0.15, -0.1) is 11.3 Å². The number of rotatable bonds is 7. The minimum absolute atomic E-state index is 0.0999. The van der Waals surface area contributed by atoms with Gasteiger partial charge < -0.3 is 10.4 Å². The topological polar surface area (TPSA) is 88.3 Å². The zero-order valence-corrected chi connectivity index (χ0v) is 19.7. The lowest BCUT2D eigenvalue weighted by molar-refractivity contribution is -0.384. The Bertz CT molecular complexity index is 1270. The number of hydrogen-bond acceptors (Lipinski definition) is 6. The minimum Gasteiger partial charge on any atom is -0.374 e. The van der Waals surface area contributed by atoms with Crippen LogP contribution in [0.4, 0.5) is 11.4 Å². The van der Waals surface area contributed by atoms with Gasteiger partial charge in [0.05, 0.1) is 4.92 Å². The molecule has 4 aromatic rings. The number of halogens is 2. The Morgan fingerprint density at radius 3 is 2.21 bits per heavy atom. The number of anilines is 1. The highest BCUT2D eigenvalue weighted by Gasteiger charge is 2.37. The van der Waals surface area contributed by atoms with E-state index in [9.17, 15) is 15.2 Å². The van der Waals surface area contributed by atoms with E-state index in [1.165, 1.54) is 17.4 Å². The number of hydrogen-bond donors (Lipinski definition) is 2. The summed E-state index contributed by atoms with van der Waals surface area (Å²) in [6.45, 7) is 1.89. The van der Waals surface area contributed by atoms with Crippen LogP contribution in [-0.4, -0.2) is 15.0 Å². The second-order valence-corrected chi connectivity index (χ2v) is 9.23. The van der Waals surface area contributed by atoms with Crippen molar-refractivity contribution in [2.75, 3.05) is 5.32 Å². The third-order valence-corrected chi connectivity index (χ3v) is 6.74. The molecule has 0 aliphatic heterocycles. The molecule has 9 heteroatoms. The number of nitrogens with one attached hydrogen (secondary N) is 1. The van der Waals surface area contributed by atoms with Gasteiger partial charge in [0.1, 0.15) is 10.7 Å². The van der Waals surface area contributed by atoms with Gasteiger partial charge in [0, 0.05) is 33.7 Å². The Hall–Kier alpha value is -2.97. The Kier molecular flexibility index (Phi) is 6.67. The second-order valence-electron chi connectivity index (χ2n) is 7.46. The van der Waals surface area contributed by atoms with E-state index in [4.69, 9.17) is 23.2 Å². The maximum atomic E-state index is 11.9. The highest BCUT2D eigenvalue weighted by atomic mass is 35.5. The van der Waals surface area contributed by atoms with Gasteiger partial charge in [0.15, 0.2) is 5.60 Å². The largest absolute Gasteiger partial charge is 0.374 e. The first-order valence-corrected chi connectivity index (χ1v) is 11.6. The zero-order chi connectivity index (χ0) is 23.6. The molecule has 0 fully saturated rings. The van der Waals surface area contributed by atoms with E-state index in [1.807, 2.05) is 19.1 Å². The van der Waals surface area contributed by atoms with Crippen LogP contribution in [0.25, 0.3) is 0 Å². The summed E-state index contributed by atoms with van der Waals surface area (Å²) in [6.07, 6.45) is 1.61. The normalized spacial score (nSPS) is 13.8. The first kappa shape index (κ1) is 23.2. The molecule has 0 radical (unpaired) electrons. The SMILES string of the molecule is CC(Nc1cc(C(O)(c2ccc(Cl)cc2)c2nccs2)ccc1[N+](=O)[O-])c1ccc(Cl)cc1. The summed E-state index contributed by atoms with van der Waals surface area (Å²) in [5.74, 6) is 0. The lowest BCUT2D eigenvalue weighted by atomic mass is 9.86. The van der Waals surface area contributed by atoms with Crippen molar-refractivity contribution in [3.63, 3.8) is 0 Å². The highest BCUT2D eigenvalue weighted by Crippen LogP contribution is 2.41. The van der Waals surface area contributed by atoms with Crippen LogP contribution in [0, 0.1) is 10.1 Å². The monoisotopic (exact) mass is 499 g/mol. The van der Waals surface area contributed by atoms with E-state index in [0.717, 1.165) is 5.56 Å². The third-order valence-electron chi connectivity index (χ3n) is 5.36. The average Bonchev–Trinajstić information content (AvgIpc) is 3.35. The molecular weight excluding hydrogens is 481 g/mol. The van der Waals surface area contributed by atoms with Gasteiger partial charge in [0.25, 0.3) is 5.69 Å². The average molecular weight is 500 g/mol. The summed E-state index contributed by atoms with van der Waals surface area (Å²) < 4.78 is 0. The van der Waals surface area contributed by atoms with Gasteiger partial charge >= 0.3 is 0 Å². The standard InChI is InChI=1S/C24H19Cl2N3O3S/c1-15(16-2-7-19(25)8-3-16)28-21-14-18(6-11-22(21)29(31)32)24(30,23-27-12-13-33-23)17-4-9-20(26)10-5-17/h2-15,28,30H,1H3. The van der Waals surface area contributed by atoms with Crippen molar-refractivity contribution in [1.29, 1.82) is 0 Å². The van der Waals surface area contributed by atoms with Gasteiger partial charge in [-0.05, 0) is 60.0 Å². The number of thiazole rings is 1. The van der Waals surface area contributed by atoms with E-state index >= 15 is 0 Å². The van der Waals surface area contributed by atoms with E-state index in [0.29, 0.717) is 26.2 Å². The van der Waals surface area contributed by atoms with Crippen molar-refractivity contribution in [3.05, 3.63) is 120 Å². The summed E-state index contributed by atoms with van der Waals surface area (Å²) >= 11 is 13.3. The molecule has 0 amide bonds. The third kappa shape index (κ3) is 4.72. The lowest BCUT2D eigenvalue weighted by Gasteiger charge is -2.28. The van der Waals surface area contributed by atoms with Crippen molar-refractivity contribution >= 4 is 45.9 Å². The minimum atomic E-state index is -1.62. The Morgan fingerprint density at radius 2 is 1.64 bits per heavy atom. The fraction of sp³-hybridized carbons (Fsp3) is 0.125. The van der Waals surface area contributed by atoms with Crippen LogP contribution in [0.1, 0.15) is 34.7 Å². The smallest absolute Gasteiger partial charge is 0.292 e. The van der Waals surface area contributed by atoms with E-state index < -0.39 is 10.5 Å². The molecule has 0 saturated carbocycles. The van der Waals surface area contributed by atoms with Gasteiger partial charge in [-0.25, -0.2) is 4.98 Å². The van der Waals surface area contributed by atoms with Crippen LogP contribution in [0.15, 0.2) is 78.3 Å². The van der Waals surface area contributed by atoms with Crippen molar-refractivity contribution in [1.82, 2.24) is 4.98 Å². The molecule has 0 saturated heterocycles. The van der Waals surface area contributed by atoms with Crippen molar-refractivity contribution in [2.45, 2.75) is 18.6 Å². The maximum Gasteiger partial charge on any atom is 0.292 e. The van der Waals surface area contributed by atoms with Crippen LogP contribution in [-0.2, 0) is 5.60 Å². The van der Waals surface area contributed by atoms with Crippen molar-refractivity contribution in [2.24, 2.45) is 0 Å². The van der Waals surface area contributed by atoms with Gasteiger partial charge in [-0.3, -0.25) is 10.1 Å². The summed E-state index contributed by atoms with van der Waals surface area (Å²) in [5, 5.41) is 30.2. The van der Waals surface area contributed by atoms with Crippen LogP contribution in [0.5, 0.6) is 0 Å². The molecule has 168 valence electrons. The first-order chi connectivity index (χ1) is 15.8. The molecule has 0 spiro atoms. The van der Waals surface area contributed by atoms with Crippen LogP contribution < -0.4 is 5.32 Å². The predicted octanol–water partition coefficient (Wildman–Crippen LogP) is 6.82. The van der Waals surface area contributed by atoms with E-state index in [1.54, 1.807) is 60.1 Å². The first-order valence-electron chi connectivity index (χ1n) is 9.98. The van der Waals surface area contributed by atoms with Gasteiger partial charge in [0.2, 0.25) is 0 Å². The molecule has 0 aliphatic rings. The number of benzene rings is 3. The number of aromatic nitrogens is 1. The number of nitro groups is 1. The molecule has 6 nitrogen and oxygen atoms in total. The molecule has 33 heavy (non-hydrogen) atoms. The van der Waals surface area contributed by atoms with Gasteiger partial charge in [-0.2, -0.15) is 0 Å². The van der Waals surface area contributed by atoms with Crippen LogP contribution in [0.2, 0.25) is 10.0 Å². The highest BCUT2D eigenvalue weighted by molar-refractivity contribution is 7.09. The van der Waals surface area contributed by atoms with Gasteiger partial charge in [-0.1, -0.05) is 47.5 Å². The number of aliphatic hydroxyl groups is 1. The van der Waals surface area contributed by atoms with Crippen LogP contribution in [0.3, 0.4) is 0 Å². The molecule has 3 aromatic carbocycles. The summed E-state index contributed by atoms with van der Waals surface area (Å²) in [5.41, 5.74) is 0.463. The molecule has 0 aliphatic carbocycles. The molecular formula is C24H19Cl2N3O3S. The summed E-state index contributed by atoms with van der Waals surface area (Å²) in [7, 11) is 0. The molecule has 2 unspecified atom stereocenters. The van der Waals surface area contributed by atoms with E-state index in [2.05, 4.69) is 10.3 Å². The molecule has 4 rings (SSSR count). The summed E-state index contributed by atoms with van der Waals surface area (Å²) in [4.78, 5) is 15.6. The van der Waals surface area contributed by atoms with Crippen molar-refractivity contribution < 1.29 is 10.0 Å². The fourth-order valence-corrected chi connectivity index (χ4v) is 4.64. The Balaban J connectivity index is 1.81. The molecule has 0 bridgehead atoms. The summed E-state index contributed by atoms with van der Waals surface area (Å²) in [6, 6.07) is 18.3. The number of nitrogens with zero attached hydrogens (tertiary/aromatic N) is 2. The van der Waals surface area contributed by atoms with E-state index in [-0.39, 0.29) is 17.4 Å². The number of nitro benzene ring substituents is 1. The Labute approximate surface area is 204 Å². The molecule has 2 N–H and O–H groups in total. The molecule has 1 aromatic heterocycles. The molecule has 2 atom stereocenters. The lowest BCUT2D eigenvalue weighted by Crippen LogP contribution is -2.29. The second kappa shape index (κ2) is 9.49. The molecule has 1 heterocycles. The quantitative estimate of drug-likeness (QED) is 0.215. The maximum absolute atomic E-state index is 11.9.